The summed E-state index contributed by atoms with van der Waals surface area (Å²) in [4.78, 5) is 16.3. The first-order chi connectivity index (χ1) is 9.81. The fourth-order valence-corrected chi connectivity index (χ4v) is 3.31. The predicted molar refractivity (Wildman–Crippen MR) is 81.2 cm³/mol. The number of benzene rings is 1. The molecule has 1 heterocycles. The van der Waals surface area contributed by atoms with E-state index in [1.165, 1.54) is 6.07 Å². The van der Waals surface area contributed by atoms with E-state index in [0.717, 1.165) is 6.26 Å². The van der Waals surface area contributed by atoms with Gasteiger partial charge >= 0.3 is 0 Å². The Labute approximate surface area is 128 Å². The number of imidazole rings is 1. The lowest BCUT2D eigenvalue weighted by Crippen LogP contribution is -2.28. The first-order valence-electron chi connectivity index (χ1n) is 6.28. The minimum Gasteiger partial charge on any atom is -0.357 e. The smallest absolute Gasteiger partial charge is 0.242 e. The summed E-state index contributed by atoms with van der Waals surface area (Å²) in [6, 6.07) is 4.32. The molecule has 1 aromatic carbocycles. The number of alkyl halides is 1. The molecular formula is C13H16ClN3O3S. The second-order valence-corrected chi connectivity index (χ2v) is 6.97. The molecular weight excluding hydrogens is 314 g/mol. The zero-order valence-corrected chi connectivity index (χ0v) is 13.5. The molecule has 0 saturated heterocycles. The molecule has 0 spiro atoms. The summed E-state index contributed by atoms with van der Waals surface area (Å²) in [6.45, 7) is 1.71. The van der Waals surface area contributed by atoms with Gasteiger partial charge < -0.3 is 9.88 Å². The van der Waals surface area contributed by atoms with Crippen molar-refractivity contribution in [1.29, 1.82) is 0 Å². The summed E-state index contributed by atoms with van der Waals surface area (Å²) < 4.78 is 25.4. The second-order valence-electron chi connectivity index (χ2n) is 4.72. The molecule has 2 rings (SSSR count). The maximum atomic E-state index is 11.9. The summed E-state index contributed by atoms with van der Waals surface area (Å²) in [5.41, 5.74) is 0.913. The summed E-state index contributed by atoms with van der Waals surface area (Å²) >= 11 is 5.90. The van der Waals surface area contributed by atoms with E-state index in [2.05, 4.69) is 10.3 Å². The van der Waals surface area contributed by atoms with Crippen molar-refractivity contribution in [3.63, 3.8) is 0 Å². The van der Waals surface area contributed by atoms with Crippen molar-refractivity contribution in [2.75, 3.05) is 13.3 Å². The SMILES string of the molecule is CNC(=O)C(C)n1c(CCl)nc2c(S(C)(=O)=O)cccc21. The summed E-state index contributed by atoms with van der Waals surface area (Å²) in [5, 5.41) is 2.57. The molecule has 114 valence electrons. The largest absolute Gasteiger partial charge is 0.357 e. The van der Waals surface area contributed by atoms with Crippen LogP contribution in [0.15, 0.2) is 23.1 Å². The van der Waals surface area contributed by atoms with Crippen LogP contribution in [-0.4, -0.2) is 37.2 Å². The number of likely N-dealkylation sites (N-methyl/N-ethyl adjacent to an activating group) is 1. The number of nitrogens with zero attached hydrogens (tertiary/aromatic N) is 2. The maximum absolute atomic E-state index is 11.9. The molecule has 0 aliphatic heterocycles. The molecule has 0 aliphatic carbocycles. The van der Waals surface area contributed by atoms with Gasteiger partial charge in [-0.15, -0.1) is 11.6 Å². The average Bonchev–Trinajstić information content (AvgIpc) is 2.82. The van der Waals surface area contributed by atoms with Gasteiger partial charge in [-0.2, -0.15) is 0 Å². The topological polar surface area (TPSA) is 81.1 Å². The average molecular weight is 330 g/mol. The normalized spacial score (nSPS) is 13.3. The zero-order chi connectivity index (χ0) is 15.8. The van der Waals surface area contributed by atoms with E-state index in [-0.39, 0.29) is 16.7 Å². The number of hydrogen-bond donors (Lipinski definition) is 1. The van der Waals surface area contributed by atoms with Crippen molar-refractivity contribution in [2.24, 2.45) is 0 Å². The first kappa shape index (κ1) is 15.8. The molecule has 0 fully saturated rings. The van der Waals surface area contributed by atoms with Crippen LogP contribution in [0.2, 0.25) is 0 Å². The molecule has 21 heavy (non-hydrogen) atoms. The van der Waals surface area contributed by atoms with Gasteiger partial charge in [-0.05, 0) is 19.1 Å². The number of aromatic nitrogens is 2. The van der Waals surface area contributed by atoms with E-state index in [9.17, 15) is 13.2 Å². The van der Waals surface area contributed by atoms with Crippen LogP contribution in [0.25, 0.3) is 11.0 Å². The molecule has 1 amide bonds. The van der Waals surface area contributed by atoms with Crippen LogP contribution in [0, 0.1) is 0 Å². The standard InChI is InChI=1S/C13H16ClN3O3S/c1-8(13(18)15-2)17-9-5-4-6-10(21(3,19)20)12(9)16-11(17)7-14/h4-6,8H,7H2,1-3H3,(H,15,18). The van der Waals surface area contributed by atoms with Crippen LogP contribution in [-0.2, 0) is 20.5 Å². The number of nitrogens with one attached hydrogen (secondary N) is 1. The highest BCUT2D eigenvalue weighted by molar-refractivity contribution is 7.91. The van der Waals surface area contributed by atoms with Crippen molar-refractivity contribution in [2.45, 2.75) is 23.7 Å². The van der Waals surface area contributed by atoms with Gasteiger partial charge in [-0.3, -0.25) is 4.79 Å². The number of halogens is 1. The summed E-state index contributed by atoms with van der Waals surface area (Å²) in [6.07, 6.45) is 1.13. The Hall–Kier alpha value is -1.60. The first-order valence-corrected chi connectivity index (χ1v) is 8.71. The van der Waals surface area contributed by atoms with Crippen molar-refractivity contribution in [1.82, 2.24) is 14.9 Å². The highest BCUT2D eigenvalue weighted by Crippen LogP contribution is 2.27. The third-order valence-electron chi connectivity index (χ3n) is 3.29. The number of para-hydroxylation sites is 1. The quantitative estimate of drug-likeness (QED) is 0.862. The Morgan fingerprint density at radius 2 is 2.14 bits per heavy atom. The predicted octanol–water partition coefficient (Wildman–Crippen LogP) is 1.49. The molecule has 0 aliphatic rings. The highest BCUT2D eigenvalue weighted by atomic mass is 35.5. The van der Waals surface area contributed by atoms with Crippen molar-refractivity contribution >= 4 is 38.4 Å². The van der Waals surface area contributed by atoms with E-state index in [1.54, 1.807) is 30.7 Å². The fourth-order valence-electron chi connectivity index (χ4n) is 2.29. The lowest BCUT2D eigenvalue weighted by molar-refractivity contribution is -0.123. The van der Waals surface area contributed by atoms with Gasteiger partial charge in [-0.1, -0.05) is 6.07 Å². The Morgan fingerprint density at radius 3 is 2.67 bits per heavy atom. The third-order valence-corrected chi connectivity index (χ3v) is 4.66. The number of sulfone groups is 1. The van der Waals surface area contributed by atoms with Crippen molar-refractivity contribution in [3.8, 4) is 0 Å². The monoisotopic (exact) mass is 329 g/mol. The van der Waals surface area contributed by atoms with Gasteiger partial charge in [0, 0.05) is 13.3 Å². The van der Waals surface area contributed by atoms with Crippen molar-refractivity contribution in [3.05, 3.63) is 24.0 Å². The number of rotatable bonds is 4. The van der Waals surface area contributed by atoms with E-state index in [0.29, 0.717) is 16.9 Å². The number of hydrogen-bond acceptors (Lipinski definition) is 4. The molecule has 1 aromatic heterocycles. The molecule has 8 heteroatoms. The van der Waals surface area contributed by atoms with Crippen LogP contribution in [0.1, 0.15) is 18.8 Å². The van der Waals surface area contributed by atoms with E-state index < -0.39 is 15.9 Å². The molecule has 6 nitrogen and oxygen atoms in total. The minimum atomic E-state index is -3.41. The lowest BCUT2D eigenvalue weighted by Gasteiger charge is -2.15. The zero-order valence-electron chi connectivity index (χ0n) is 11.9. The summed E-state index contributed by atoms with van der Waals surface area (Å²) in [7, 11) is -1.87. The number of amides is 1. The van der Waals surface area contributed by atoms with Gasteiger partial charge in [0.15, 0.2) is 9.84 Å². The highest BCUT2D eigenvalue weighted by Gasteiger charge is 2.23. The summed E-state index contributed by atoms with van der Waals surface area (Å²) in [5.74, 6) is 0.337. The molecule has 0 radical (unpaired) electrons. The Bertz CT molecular complexity index is 798. The fraction of sp³-hybridized carbons (Fsp3) is 0.385. The maximum Gasteiger partial charge on any atom is 0.242 e. The van der Waals surface area contributed by atoms with Gasteiger partial charge in [0.25, 0.3) is 0 Å². The number of fused-ring (bicyclic) bond motifs is 1. The van der Waals surface area contributed by atoms with Crippen LogP contribution in [0.5, 0.6) is 0 Å². The van der Waals surface area contributed by atoms with Crippen LogP contribution >= 0.6 is 11.6 Å². The van der Waals surface area contributed by atoms with Gasteiger partial charge in [0.1, 0.15) is 17.4 Å². The molecule has 1 atom stereocenters. The molecule has 2 aromatic rings. The van der Waals surface area contributed by atoms with Gasteiger partial charge in [0.2, 0.25) is 5.91 Å². The Balaban J connectivity index is 2.80. The second kappa shape index (κ2) is 5.65. The van der Waals surface area contributed by atoms with E-state index in [1.807, 2.05) is 0 Å². The van der Waals surface area contributed by atoms with Crippen LogP contribution in [0.3, 0.4) is 0 Å². The molecule has 0 bridgehead atoms. The number of carbonyl (C=O) groups is 1. The van der Waals surface area contributed by atoms with E-state index >= 15 is 0 Å². The van der Waals surface area contributed by atoms with Crippen molar-refractivity contribution < 1.29 is 13.2 Å². The molecule has 1 N–H and O–H groups in total. The molecule has 1 unspecified atom stereocenters. The Morgan fingerprint density at radius 1 is 1.48 bits per heavy atom. The van der Waals surface area contributed by atoms with Crippen LogP contribution in [0.4, 0.5) is 0 Å². The number of carbonyl (C=O) groups excluding carboxylic acids is 1. The third kappa shape index (κ3) is 2.75. The van der Waals surface area contributed by atoms with Crippen LogP contribution < -0.4 is 5.32 Å². The minimum absolute atomic E-state index is 0.0826. The van der Waals surface area contributed by atoms with Gasteiger partial charge in [-0.25, -0.2) is 13.4 Å². The van der Waals surface area contributed by atoms with Gasteiger partial charge in [0.05, 0.1) is 16.3 Å². The Kier molecular flexibility index (Phi) is 4.25. The molecule has 0 saturated carbocycles. The van der Waals surface area contributed by atoms with E-state index in [4.69, 9.17) is 11.6 Å². The lowest BCUT2D eigenvalue weighted by atomic mass is 10.2.